The van der Waals surface area contributed by atoms with Crippen LogP contribution >= 0.6 is 0 Å². The number of pyridine rings is 1. The minimum absolute atomic E-state index is 0.362. The van der Waals surface area contributed by atoms with E-state index in [1.54, 1.807) is 10.6 Å². The van der Waals surface area contributed by atoms with E-state index in [0.29, 0.717) is 18.3 Å². The van der Waals surface area contributed by atoms with Crippen LogP contribution in [0.4, 0.5) is 0 Å². The summed E-state index contributed by atoms with van der Waals surface area (Å²) in [7, 11) is 0. The lowest BCUT2D eigenvalue weighted by atomic mass is 9.77. The highest BCUT2D eigenvalue weighted by Gasteiger charge is 2.36. The Morgan fingerprint density at radius 3 is 2.23 bits per heavy atom. The van der Waals surface area contributed by atoms with Gasteiger partial charge >= 0.3 is 0 Å². The molecule has 3 heteroatoms. The van der Waals surface area contributed by atoms with Crippen LogP contribution in [0.15, 0.2) is 60.8 Å². The van der Waals surface area contributed by atoms with E-state index in [0.717, 1.165) is 6.29 Å². The van der Waals surface area contributed by atoms with Crippen molar-refractivity contribution in [3.05, 3.63) is 77.4 Å². The minimum atomic E-state index is -0.707. The Kier molecular flexibility index (Phi) is 2.76. The molecule has 1 aromatic heterocycles. The van der Waals surface area contributed by atoms with Gasteiger partial charge in [-0.05, 0) is 34.0 Å². The Bertz CT molecular complexity index is 899. The summed E-state index contributed by atoms with van der Waals surface area (Å²) in [5.41, 5.74) is 2.02. The van der Waals surface area contributed by atoms with Crippen molar-refractivity contribution >= 4 is 17.1 Å². The molecule has 0 fully saturated rings. The van der Waals surface area contributed by atoms with Crippen molar-refractivity contribution in [1.82, 2.24) is 4.57 Å². The van der Waals surface area contributed by atoms with Crippen LogP contribution in [-0.2, 0) is 23.2 Å². The van der Waals surface area contributed by atoms with E-state index in [4.69, 9.17) is 5.41 Å². The first-order chi connectivity index (χ1) is 10.7. The molecule has 4 rings (SSSR count). The number of nitrogens with zero attached hydrogens (tertiary/aromatic N) is 1. The largest absolute Gasteiger partial charge is 0.320 e. The maximum absolute atomic E-state index is 12.1. The number of carbonyl (C=O) groups excluding carboxylic acids is 1. The van der Waals surface area contributed by atoms with E-state index in [1.165, 1.54) is 21.9 Å². The molecule has 1 aliphatic carbocycles. The minimum Gasteiger partial charge on any atom is -0.320 e. The summed E-state index contributed by atoms with van der Waals surface area (Å²) < 4.78 is 1.80. The Hall–Kier alpha value is -2.68. The molecule has 0 saturated carbocycles. The first-order valence-corrected chi connectivity index (χ1v) is 7.42. The summed E-state index contributed by atoms with van der Waals surface area (Å²) in [6, 6.07) is 17.9. The molecule has 22 heavy (non-hydrogen) atoms. The average Bonchev–Trinajstić information content (AvgIpc) is 2.55. The van der Waals surface area contributed by atoms with Gasteiger partial charge in [-0.25, -0.2) is 0 Å². The predicted molar refractivity (Wildman–Crippen MR) is 85.7 cm³/mol. The van der Waals surface area contributed by atoms with Gasteiger partial charge in [0.25, 0.3) is 0 Å². The topological polar surface area (TPSA) is 45.9 Å². The van der Waals surface area contributed by atoms with Gasteiger partial charge in [-0.2, -0.15) is 0 Å². The van der Waals surface area contributed by atoms with E-state index < -0.39 is 5.54 Å². The third-order valence-corrected chi connectivity index (χ3v) is 4.63. The first-order valence-electron chi connectivity index (χ1n) is 7.42. The highest BCUT2D eigenvalue weighted by Crippen LogP contribution is 2.36. The van der Waals surface area contributed by atoms with Crippen molar-refractivity contribution in [2.45, 2.75) is 18.4 Å². The van der Waals surface area contributed by atoms with Crippen molar-refractivity contribution in [2.24, 2.45) is 0 Å². The van der Waals surface area contributed by atoms with Gasteiger partial charge < -0.3 is 9.36 Å². The van der Waals surface area contributed by atoms with E-state index >= 15 is 0 Å². The van der Waals surface area contributed by atoms with Crippen LogP contribution in [0, 0.1) is 5.41 Å². The first kappa shape index (κ1) is 13.0. The Balaban J connectivity index is 1.98. The summed E-state index contributed by atoms with van der Waals surface area (Å²) in [5, 5.41) is 10.7. The lowest BCUT2D eigenvalue weighted by Gasteiger charge is -2.36. The molecule has 0 bridgehead atoms. The van der Waals surface area contributed by atoms with Crippen LogP contribution in [0.3, 0.4) is 0 Å². The van der Waals surface area contributed by atoms with Crippen LogP contribution in [0.5, 0.6) is 0 Å². The molecular weight excluding hydrogens is 272 g/mol. The lowest BCUT2D eigenvalue weighted by molar-refractivity contribution is -0.115. The smallest absolute Gasteiger partial charge is 0.146 e. The number of hydrogen-bond acceptors (Lipinski definition) is 2. The predicted octanol–water partition coefficient (Wildman–Crippen LogP) is 2.81. The zero-order chi connectivity index (χ0) is 15.2. The van der Waals surface area contributed by atoms with Crippen molar-refractivity contribution in [1.29, 1.82) is 5.41 Å². The number of rotatable bonds is 2. The number of aromatic nitrogens is 1. The Labute approximate surface area is 128 Å². The normalized spacial score (nSPS) is 15.6. The number of benzene rings is 2. The second-order valence-electron chi connectivity index (χ2n) is 5.96. The maximum Gasteiger partial charge on any atom is 0.146 e. The Morgan fingerprint density at radius 2 is 1.64 bits per heavy atom. The van der Waals surface area contributed by atoms with Crippen LogP contribution < -0.4 is 5.49 Å². The standard InChI is InChI=1S/C19H16N2O/c20-17-9-1-2-10-21(17)19(13-22)11-15-7-3-5-14-6-4-8-16(12-19)18(14)15/h1-10,13,20H,11-12H2. The summed E-state index contributed by atoms with van der Waals surface area (Å²) >= 11 is 0. The van der Waals surface area contributed by atoms with Gasteiger partial charge in [0.1, 0.15) is 17.3 Å². The second-order valence-corrected chi connectivity index (χ2v) is 5.96. The van der Waals surface area contributed by atoms with Crippen LogP contribution in [0.25, 0.3) is 10.8 Å². The molecule has 3 aromatic rings. The third kappa shape index (κ3) is 1.75. The maximum atomic E-state index is 12.1. The molecule has 0 saturated heterocycles. The van der Waals surface area contributed by atoms with Crippen molar-refractivity contribution in [3.63, 3.8) is 0 Å². The van der Waals surface area contributed by atoms with Gasteiger partial charge in [0.15, 0.2) is 0 Å². The van der Waals surface area contributed by atoms with Crippen LogP contribution in [-0.4, -0.2) is 10.9 Å². The highest BCUT2D eigenvalue weighted by atomic mass is 16.1. The molecule has 108 valence electrons. The van der Waals surface area contributed by atoms with Crippen LogP contribution in [0.1, 0.15) is 11.1 Å². The molecule has 1 aliphatic rings. The molecule has 1 heterocycles. The SMILES string of the molecule is N=c1ccccn1C1(C=O)Cc2cccc3cccc(c23)C1. The molecule has 2 aromatic carbocycles. The molecule has 0 atom stereocenters. The second kappa shape index (κ2) is 4.67. The van der Waals surface area contributed by atoms with Gasteiger partial charge in [0.05, 0.1) is 0 Å². The van der Waals surface area contributed by atoms with E-state index in [1.807, 2.05) is 30.5 Å². The molecule has 0 radical (unpaired) electrons. The molecule has 1 N–H and O–H groups in total. The van der Waals surface area contributed by atoms with Gasteiger partial charge in [-0.3, -0.25) is 5.41 Å². The van der Waals surface area contributed by atoms with Crippen LogP contribution in [0.2, 0.25) is 0 Å². The Morgan fingerprint density at radius 1 is 0.955 bits per heavy atom. The summed E-state index contributed by atoms with van der Waals surface area (Å²) in [4.78, 5) is 12.1. The lowest BCUT2D eigenvalue weighted by Crippen LogP contribution is -2.47. The fraction of sp³-hybridized carbons (Fsp3) is 0.158. The third-order valence-electron chi connectivity index (χ3n) is 4.63. The summed E-state index contributed by atoms with van der Waals surface area (Å²) in [6.45, 7) is 0. The highest BCUT2D eigenvalue weighted by molar-refractivity contribution is 5.91. The van der Waals surface area contributed by atoms with E-state index in [2.05, 4.69) is 24.3 Å². The molecule has 0 aliphatic heterocycles. The number of hydrogen-bond donors (Lipinski definition) is 1. The number of nitrogens with one attached hydrogen (secondary N) is 1. The van der Waals surface area contributed by atoms with Gasteiger partial charge in [0.2, 0.25) is 0 Å². The summed E-state index contributed by atoms with van der Waals surface area (Å²) in [5.74, 6) is 0. The molecule has 3 nitrogen and oxygen atoms in total. The van der Waals surface area contributed by atoms with Crippen molar-refractivity contribution in [2.75, 3.05) is 0 Å². The summed E-state index contributed by atoms with van der Waals surface area (Å²) in [6.07, 6.45) is 4.11. The van der Waals surface area contributed by atoms with Gasteiger partial charge in [0, 0.05) is 19.0 Å². The fourth-order valence-electron chi connectivity index (χ4n) is 3.66. The average molecular weight is 288 g/mol. The van der Waals surface area contributed by atoms with E-state index in [-0.39, 0.29) is 0 Å². The molecule has 0 unspecified atom stereocenters. The van der Waals surface area contributed by atoms with E-state index in [9.17, 15) is 4.79 Å². The number of aldehydes is 1. The quantitative estimate of drug-likeness (QED) is 0.724. The zero-order valence-electron chi connectivity index (χ0n) is 12.1. The molecular formula is C19H16N2O. The molecule has 0 amide bonds. The van der Waals surface area contributed by atoms with Crippen molar-refractivity contribution < 1.29 is 4.79 Å². The zero-order valence-corrected chi connectivity index (χ0v) is 12.1. The monoisotopic (exact) mass is 288 g/mol. The molecule has 0 spiro atoms. The van der Waals surface area contributed by atoms with Gasteiger partial charge in [-0.1, -0.05) is 42.5 Å². The van der Waals surface area contributed by atoms with Gasteiger partial charge in [-0.15, -0.1) is 0 Å². The van der Waals surface area contributed by atoms with Crippen molar-refractivity contribution in [3.8, 4) is 0 Å². The number of carbonyl (C=O) groups is 1. The fourth-order valence-corrected chi connectivity index (χ4v) is 3.66.